The summed E-state index contributed by atoms with van der Waals surface area (Å²) in [6.07, 6.45) is 0. The zero-order chi connectivity index (χ0) is 30.1. The van der Waals surface area contributed by atoms with Crippen LogP contribution in [0.1, 0.15) is 25.0 Å². The molecule has 7 aromatic carbocycles. The van der Waals surface area contributed by atoms with Gasteiger partial charge in [0.05, 0.1) is 0 Å². The van der Waals surface area contributed by atoms with Crippen molar-refractivity contribution in [1.29, 1.82) is 0 Å². The maximum Gasteiger partial charge on any atom is 0.143 e. The molecule has 0 N–H and O–H groups in total. The lowest BCUT2D eigenvalue weighted by Gasteiger charge is -2.34. The number of fused-ring (bicyclic) bond motifs is 7. The molecule has 2 nitrogen and oxygen atoms in total. The van der Waals surface area contributed by atoms with Crippen LogP contribution in [0.15, 0.2) is 150 Å². The van der Waals surface area contributed by atoms with E-state index in [2.05, 4.69) is 153 Å². The van der Waals surface area contributed by atoms with Crippen molar-refractivity contribution in [2.45, 2.75) is 19.3 Å². The van der Waals surface area contributed by atoms with Crippen molar-refractivity contribution in [3.05, 3.63) is 157 Å². The fourth-order valence-electron chi connectivity index (χ4n) is 7.33. The van der Waals surface area contributed by atoms with Crippen molar-refractivity contribution < 1.29 is 9.15 Å². The van der Waals surface area contributed by atoms with E-state index in [0.717, 1.165) is 44.4 Å². The molecule has 0 bridgehead atoms. The molecular formula is C43H30O2. The summed E-state index contributed by atoms with van der Waals surface area (Å²) in [5.41, 5.74) is 11.1. The highest BCUT2D eigenvalue weighted by atomic mass is 16.5. The van der Waals surface area contributed by atoms with Gasteiger partial charge in [-0.25, -0.2) is 0 Å². The van der Waals surface area contributed by atoms with Crippen LogP contribution < -0.4 is 4.74 Å². The Morgan fingerprint density at radius 3 is 1.96 bits per heavy atom. The molecule has 1 aromatic heterocycles. The van der Waals surface area contributed by atoms with E-state index in [0.29, 0.717) is 0 Å². The van der Waals surface area contributed by atoms with Crippen molar-refractivity contribution in [3.63, 3.8) is 0 Å². The minimum Gasteiger partial charge on any atom is -0.457 e. The third-order valence-electron chi connectivity index (χ3n) is 9.57. The highest BCUT2D eigenvalue weighted by Gasteiger charge is 2.34. The van der Waals surface area contributed by atoms with Crippen LogP contribution in [-0.4, -0.2) is 0 Å². The summed E-state index contributed by atoms with van der Waals surface area (Å²) in [6.45, 7) is 4.56. The second-order valence-corrected chi connectivity index (χ2v) is 12.5. The third kappa shape index (κ3) is 3.89. The van der Waals surface area contributed by atoms with Gasteiger partial charge in [-0.05, 0) is 63.0 Å². The van der Waals surface area contributed by atoms with Gasteiger partial charge in [-0.3, -0.25) is 0 Å². The average Bonchev–Trinajstić information content (AvgIpc) is 3.48. The van der Waals surface area contributed by atoms with Crippen LogP contribution in [0.4, 0.5) is 0 Å². The molecule has 45 heavy (non-hydrogen) atoms. The molecule has 2 heteroatoms. The Morgan fingerprint density at radius 1 is 0.467 bits per heavy atom. The Balaban J connectivity index is 1.22. The van der Waals surface area contributed by atoms with Gasteiger partial charge in [0.1, 0.15) is 22.7 Å². The van der Waals surface area contributed by atoms with E-state index >= 15 is 0 Å². The van der Waals surface area contributed by atoms with E-state index in [1.165, 1.54) is 44.3 Å². The van der Waals surface area contributed by atoms with Gasteiger partial charge in [0, 0.05) is 32.7 Å². The summed E-state index contributed by atoms with van der Waals surface area (Å²) in [6, 6.07) is 51.7. The number of benzene rings is 7. The smallest absolute Gasteiger partial charge is 0.143 e. The Labute approximate surface area is 262 Å². The van der Waals surface area contributed by atoms with Crippen LogP contribution in [0, 0.1) is 0 Å². The van der Waals surface area contributed by atoms with Crippen LogP contribution in [0.5, 0.6) is 11.5 Å². The lowest BCUT2D eigenvalue weighted by Crippen LogP contribution is -2.24. The van der Waals surface area contributed by atoms with Crippen LogP contribution in [-0.2, 0) is 5.41 Å². The molecule has 0 saturated heterocycles. The molecule has 2 heterocycles. The topological polar surface area (TPSA) is 22.4 Å². The van der Waals surface area contributed by atoms with E-state index in [1.807, 2.05) is 6.07 Å². The summed E-state index contributed by atoms with van der Waals surface area (Å²) in [4.78, 5) is 0. The largest absolute Gasteiger partial charge is 0.457 e. The minimum atomic E-state index is -0.147. The summed E-state index contributed by atoms with van der Waals surface area (Å²) >= 11 is 0. The Hall–Kier alpha value is -5.60. The molecule has 0 amide bonds. The molecule has 1 aliphatic heterocycles. The zero-order valence-corrected chi connectivity index (χ0v) is 25.2. The Kier molecular flexibility index (Phi) is 5.58. The first-order valence-corrected chi connectivity index (χ1v) is 15.5. The first-order valence-electron chi connectivity index (χ1n) is 15.5. The predicted molar refractivity (Wildman–Crippen MR) is 186 cm³/mol. The molecule has 8 aromatic rings. The van der Waals surface area contributed by atoms with Gasteiger partial charge < -0.3 is 9.15 Å². The lowest BCUT2D eigenvalue weighted by atomic mass is 9.75. The minimum absolute atomic E-state index is 0.147. The van der Waals surface area contributed by atoms with Crippen LogP contribution >= 0.6 is 0 Å². The highest BCUT2D eigenvalue weighted by Crippen LogP contribution is 2.50. The molecule has 1 aliphatic rings. The first-order chi connectivity index (χ1) is 22.1. The van der Waals surface area contributed by atoms with E-state index in [9.17, 15) is 0 Å². The van der Waals surface area contributed by atoms with E-state index in [-0.39, 0.29) is 5.41 Å². The molecule has 0 aliphatic carbocycles. The van der Waals surface area contributed by atoms with Gasteiger partial charge >= 0.3 is 0 Å². The first kappa shape index (κ1) is 25.9. The molecule has 0 radical (unpaired) electrons. The number of ether oxygens (including phenoxy) is 1. The highest BCUT2D eigenvalue weighted by molar-refractivity contribution is 6.19. The second kappa shape index (κ2) is 9.70. The second-order valence-electron chi connectivity index (χ2n) is 12.5. The van der Waals surface area contributed by atoms with E-state index in [1.54, 1.807) is 0 Å². The van der Waals surface area contributed by atoms with E-state index in [4.69, 9.17) is 9.15 Å². The number of rotatable bonds is 3. The monoisotopic (exact) mass is 578 g/mol. The standard InChI is InChI=1S/C43H30O2/c1-43(2)36-19-9-10-20-38(36)44-40-26-28(23-25-37(40)43)29-13-5-6-15-31(29)32-16-7-8-17-33(32)34-18-11-21-39-41(34)35-24-22-27-12-3-4-14-30(27)42(35)45-39/h3-26H,1-2H3. The molecule has 214 valence electrons. The fourth-order valence-corrected chi connectivity index (χ4v) is 7.33. The normalized spacial score (nSPS) is 13.5. The lowest BCUT2D eigenvalue weighted by molar-refractivity contribution is 0.418. The number of hydrogen-bond acceptors (Lipinski definition) is 2. The number of para-hydroxylation sites is 1. The summed E-state index contributed by atoms with van der Waals surface area (Å²) in [5.74, 6) is 1.85. The Bertz CT molecular complexity index is 2440. The van der Waals surface area contributed by atoms with Crippen LogP contribution in [0.3, 0.4) is 0 Å². The van der Waals surface area contributed by atoms with Gasteiger partial charge in [-0.1, -0.05) is 135 Å². The maximum atomic E-state index is 6.55. The zero-order valence-electron chi connectivity index (χ0n) is 25.2. The fraction of sp³-hybridized carbons (Fsp3) is 0.0698. The number of furan rings is 1. The van der Waals surface area contributed by atoms with Crippen molar-refractivity contribution >= 4 is 32.7 Å². The number of hydrogen-bond donors (Lipinski definition) is 0. The van der Waals surface area contributed by atoms with Gasteiger partial charge in [0.2, 0.25) is 0 Å². The van der Waals surface area contributed by atoms with Crippen molar-refractivity contribution in [2.75, 3.05) is 0 Å². The van der Waals surface area contributed by atoms with Crippen LogP contribution in [0.25, 0.3) is 66.1 Å². The van der Waals surface area contributed by atoms with Crippen molar-refractivity contribution in [3.8, 4) is 44.9 Å². The van der Waals surface area contributed by atoms with Gasteiger partial charge in [-0.2, -0.15) is 0 Å². The quantitative estimate of drug-likeness (QED) is 0.208. The van der Waals surface area contributed by atoms with Gasteiger partial charge in [-0.15, -0.1) is 0 Å². The summed E-state index contributed by atoms with van der Waals surface area (Å²) < 4.78 is 13.1. The SMILES string of the molecule is CC1(C)c2ccccc2Oc2cc(-c3ccccc3-c3ccccc3-c3cccc4oc5c6ccccc6ccc5c34)ccc21. The molecule has 9 rings (SSSR count). The molecule has 0 spiro atoms. The summed E-state index contributed by atoms with van der Waals surface area (Å²) in [7, 11) is 0. The molecule has 0 fully saturated rings. The van der Waals surface area contributed by atoms with Crippen molar-refractivity contribution in [1.82, 2.24) is 0 Å². The molecule has 0 unspecified atom stereocenters. The van der Waals surface area contributed by atoms with Crippen LogP contribution in [0.2, 0.25) is 0 Å². The molecule has 0 saturated carbocycles. The molecular weight excluding hydrogens is 548 g/mol. The van der Waals surface area contributed by atoms with E-state index < -0.39 is 0 Å². The van der Waals surface area contributed by atoms with Gasteiger partial charge in [0.25, 0.3) is 0 Å². The third-order valence-corrected chi connectivity index (χ3v) is 9.57. The average molecular weight is 579 g/mol. The molecule has 0 atom stereocenters. The van der Waals surface area contributed by atoms with Crippen molar-refractivity contribution in [2.24, 2.45) is 0 Å². The Morgan fingerprint density at radius 2 is 1.11 bits per heavy atom. The van der Waals surface area contributed by atoms with Gasteiger partial charge in [0.15, 0.2) is 0 Å². The maximum absolute atomic E-state index is 6.55. The predicted octanol–water partition coefficient (Wildman–Crippen LogP) is 12.2. The summed E-state index contributed by atoms with van der Waals surface area (Å²) in [5, 5.41) is 4.60.